The van der Waals surface area contributed by atoms with Crippen LogP contribution in [-0.4, -0.2) is 19.8 Å². The van der Waals surface area contributed by atoms with Crippen molar-refractivity contribution >= 4 is 22.6 Å². The van der Waals surface area contributed by atoms with Gasteiger partial charge in [-0.25, -0.2) is 0 Å². The van der Waals surface area contributed by atoms with E-state index in [0.717, 1.165) is 16.8 Å². The minimum atomic E-state index is -0.543. The van der Waals surface area contributed by atoms with E-state index < -0.39 is 10.8 Å². The van der Waals surface area contributed by atoms with Crippen LogP contribution in [0.4, 0.5) is 0 Å². The average molecular weight is 164 g/mol. The van der Waals surface area contributed by atoms with Gasteiger partial charge in [0.15, 0.2) is 0 Å². The number of rotatable bonds is 0. The molecular formula is C6H12OS2. The third kappa shape index (κ3) is 1.97. The molecule has 0 N–H and O–H groups in total. The molecule has 1 nitrogen and oxygen atoms in total. The Hall–Kier alpha value is 0.500. The molecule has 0 radical (unpaired) electrons. The quantitative estimate of drug-likeness (QED) is 0.541. The molecule has 3 atom stereocenters. The molecule has 0 saturated carbocycles. The molecule has 3 heteroatoms. The van der Waals surface area contributed by atoms with Gasteiger partial charge in [-0.3, -0.25) is 4.21 Å². The third-order valence-electron chi connectivity index (χ3n) is 1.58. The maximum Gasteiger partial charge on any atom is 0.0697 e. The summed E-state index contributed by atoms with van der Waals surface area (Å²) in [7, 11) is -0.543. The highest BCUT2D eigenvalue weighted by Gasteiger charge is 2.21. The van der Waals surface area contributed by atoms with E-state index in [1.807, 2.05) is 11.8 Å². The Balaban J connectivity index is 2.44. The fraction of sp³-hybridized carbons (Fsp3) is 1.00. The predicted molar refractivity (Wildman–Crippen MR) is 44.1 cm³/mol. The molecule has 0 aromatic carbocycles. The van der Waals surface area contributed by atoms with E-state index in [1.54, 1.807) is 0 Å². The fourth-order valence-electron chi connectivity index (χ4n) is 0.942. The maximum absolute atomic E-state index is 11.0. The van der Waals surface area contributed by atoms with Crippen LogP contribution in [0.1, 0.15) is 20.3 Å². The summed E-state index contributed by atoms with van der Waals surface area (Å²) in [5, 5.41) is 2.00. The fourth-order valence-corrected chi connectivity index (χ4v) is 4.39. The zero-order chi connectivity index (χ0) is 6.85. The molecule has 0 amide bonds. The molecular weight excluding hydrogens is 152 g/mol. The lowest BCUT2D eigenvalue weighted by Gasteiger charge is -2.22. The zero-order valence-electron chi connectivity index (χ0n) is 5.79. The van der Waals surface area contributed by atoms with Crippen molar-refractivity contribution in [1.82, 2.24) is 0 Å². The summed E-state index contributed by atoms with van der Waals surface area (Å²) in [5.74, 6) is 0. The van der Waals surface area contributed by atoms with Gasteiger partial charge >= 0.3 is 0 Å². The number of thioether (sulfide) groups is 1. The summed E-state index contributed by atoms with van der Waals surface area (Å²) in [6, 6.07) is 0. The molecule has 54 valence electrons. The molecule has 1 fully saturated rings. The van der Waals surface area contributed by atoms with Gasteiger partial charge in [0.05, 0.1) is 5.08 Å². The van der Waals surface area contributed by atoms with Crippen molar-refractivity contribution in [3.8, 4) is 0 Å². The van der Waals surface area contributed by atoms with Crippen LogP contribution in [0.25, 0.3) is 0 Å². The van der Waals surface area contributed by atoms with Crippen molar-refractivity contribution < 1.29 is 4.21 Å². The van der Waals surface area contributed by atoms with Crippen molar-refractivity contribution in [1.29, 1.82) is 0 Å². The van der Waals surface area contributed by atoms with Crippen LogP contribution in [-0.2, 0) is 10.8 Å². The molecule has 1 aliphatic rings. The third-order valence-corrected chi connectivity index (χ3v) is 4.91. The summed E-state index contributed by atoms with van der Waals surface area (Å²) in [4.78, 5) is 0. The molecule has 1 aliphatic heterocycles. The molecule has 9 heavy (non-hydrogen) atoms. The second kappa shape index (κ2) is 3.06. The van der Waals surface area contributed by atoms with E-state index in [4.69, 9.17) is 0 Å². The van der Waals surface area contributed by atoms with E-state index >= 15 is 0 Å². The monoisotopic (exact) mass is 164 g/mol. The lowest BCUT2D eigenvalue weighted by atomic mass is 10.3. The molecule has 0 aromatic heterocycles. The topological polar surface area (TPSA) is 17.1 Å². The van der Waals surface area contributed by atoms with Crippen molar-refractivity contribution in [2.75, 3.05) is 5.08 Å². The van der Waals surface area contributed by atoms with Crippen LogP contribution < -0.4 is 0 Å². The normalized spacial score (nSPS) is 44.9. The van der Waals surface area contributed by atoms with Crippen LogP contribution in [0.15, 0.2) is 0 Å². The summed E-state index contributed by atoms with van der Waals surface area (Å²) in [6.07, 6.45) is 1.12. The largest absolute Gasteiger partial charge is 0.258 e. The number of hydrogen-bond acceptors (Lipinski definition) is 2. The van der Waals surface area contributed by atoms with E-state index in [2.05, 4.69) is 13.8 Å². The first-order valence-electron chi connectivity index (χ1n) is 3.19. The highest BCUT2D eigenvalue weighted by Crippen LogP contribution is 2.25. The molecule has 0 aromatic rings. The van der Waals surface area contributed by atoms with Crippen LogP contribution in [0.3, 0.4) is 0 Å². The van der Waals surface area contributed by atoms with E-state index in [0.29, 0.717) is 5.25 Å². The summed E-state index contributed by atoms with van der Waals surface area (Å²) in [5.41, 5.74) is 0. The van der Waals surface area contributed by atoms with E-state index in [1.165, 1.54) is 0 Å². The Kier molecular flexibility index (Phi) is 2.59. The standard InChI is InChI=1S/C6H12OS2/c1-5-3-6(2)9(7)4-8-5/h5-6H,3-4H2,1-2H3/t5-,6+,9?/m0/s1. The lowest BCUT2D eigenvalue weighted by molar-refractivity contribution is 0.664. The van der Waals surface area contributed by atoms with Crippen LogP contribution in [0.5, 0.6) is 0 Å². The van der Waals surface area contributed by atoms with E-state index in [9.17, 15) is 4.21 Å². The molecule has 1 saturated heterocycles. The molecule has 1 heterocycles. The van der Waals surface area contributed by atoms with Gasteiger partial charge in [-0.2, -0.15) is 0 Å². The van der Waals surface area contributed by atoms with Crippen LogP contribution in [0.2, 0.25) is 0 Å². The van der Waals surface area contributed by atoms with Crippen LogP contribution in [0, 0.1) is 0 Å². The minimum absolute atomic E-state index is 0.432. The smallest absolute Gasteiger partial charge is 0.0697 e. The lowest BCUT2D eigenvalue weighted by Crippen LogP contribution is -2.23. The maximum atomic E-state index is 11.0. The van der Waals surface area contributed by atoms with Gasteiger partial charge in [0.1, 0.15) is 0 Å². The molecule has 0 aliphatic carbocycles. The Morgan fingerprint density at radius 1 is 1.56 bits per heavy atom. The first-order valence-corrected chi connectivity index (χ1v) is 5.62. The van der Waals surface area contributed by atoms with Crippen molar-refractivity contribution in [2.24, 2.45) is 0 Å². The molecule has 0 bridgehead atoms. The second-order valence-electron chi connectivity index (χ2n) is 2.52. The van der Waals surface area contributed by atoms with E-state index in [-0.39, 0.29) is 0 Å². The van der Waals surface area contributed by atoms with Gasteiger partial charge in [0.2, 0.25) is 0 Å². The Morgan fingerprint density at radius 3 is 2.67 bits per heavy atom. The highest BCUT2D eigenvalue weighted by molar-refractivity contribution is 8.11. The molecule has 1 unspecified atom stereocenters. The highest BCUT2D eigenvalue weighted by atomic mass is 32.2. The van der Waals surface area contributed by atoms with Gasteiger partial charge in [-0.1, -0.05) is 13.8 Å². The van der Waals surface area contributed by atoms with Gasteiger partial charge in [-0.05, 0) is 6.42 Å². The van der Waals surface area contributed by atoms with Crippen molar-refractivity contribution in [3.63, 3.8) is 0 Å². The summed E-state index contributed by atoms with van der Waals surface area (Å²) in [6.45, 7) is 4.28. The Bertz CT molecular complexity index is 124. The molecule has 1 rings (SSSR count). The zero-order valence-corrected chi connectivity index (χ0v) is 7.43. The summed E-state index contributed by atoms with van der Waals surface area (Å²) < 4.78 is 11.0. The van der Waals surface area contributed by atoms with Crippen molar-refractivity contribution in [3.05, 3.63) is 0 Å². The Labute approximate surface area is 63.1 Å². The van der Waals surface area contributed by atoms with Gasteiger partial charge in [0.25, 0.3) is 0 Å². The van der Waals surface area contributed by atoms with Gasteiger partial charge in [0, 0.05) is 21.3 Å². The first-order chi connectivity index (χ1) is 4.20. The van der Waals surface area contributed by atoms with Crippen LogP contribution >= 0.6 is 11.8 Å². The Morgan fingerprint density at radius 2 is 2.22 bits per heavy atom. The van der Waals surface area contributed by atoms with Gasteiger partial charge in [-0.15, -0.1) is 11.8 Å². The van der Waals surface area contributed by atoms with Crippen molar-refractivity contribution in [2.45, 2.75) is 30.8 Å². The average Bonchev–Trinajstić information content (AvgIpc) is 1.80. The second-order valence-corrected chi connectivity index (χ2v) is 6.17. The first kappa shape index (κ1) is 7.61. The van der Waals surface area contributed by atoms with Gasteiger partial charge < -0.3 is 0 Å². The molecule has 0 spiro atoms. The predicted octanol–water partition coefficient (Wildman–Crippen LogP) is 1.61. The summed E-state index contributed by atoms with van der Waals surface area (Å²) >= 11 is 1.83. The minimum Gasteiger partial charge on any atom is -0.258 e. The number of hydrogen-bond donors (Lipinski definition) is 0. The SMILES string of the molecule is C[C@@H]1C[C@H](C)SCS1=O.